The van der Waals surface area contributed by atoms with Crippen molar-refractivity contribution in [2.45, 2.75) is 38.8 Å². The molecule has 2 N–H and O–H groups in total. The molecule has 1 heterocycles. The summed E-state index contributed by atoms with van der Waals surface area (Å²) in [5.41, 5.74) is 8.02. The van der Waals surface area contributed by atoms with E-state index in [4.69, 9.17) is 0 Å². The van der Waals surface area contributed by atoms with Gasteiger partial charge in [0.05, 0.1) is 0 Å². The lowest BCUT2D eigenvalue weighted by molar-refractivity contribution is 0.451. The number of allylic oxidation sites excluding steroid dienone is 1. The third-order valence-electron chi connectivity index (χ3n) is 3.45. The summed E-state index contributed by atoms with van der Waals surface area (Å²) in [4.78, 5) is 0. The maximum Gasteiger partial charge on any atom is 0.0262 e. The maximum atomic E-state index is 4.04. The lowest BCUT2D eigenvalue weighted by atomic mass is 9.95. The van der Waals surface area contributed by atoms with Gasteiger partial charge in [-0.3, -0.25) is 10.9 Å². The van der Waals surface area contributed by atoms with Gasteiger partial charge in [0.15, 0.2) is 0 Å². The molecule has 0 aromatic rings. The molecule has 1 saturated heterocycles. The van der Waals surface area contributed by atoms with Crippen LogP contribution in [0.2, 0.25) is 0 Å². The Kier molecular flexibility index (Phi) is 1.97. The van der Waals surface area contributed by atoms with E-state index in [2.05, 4.69) is 31.3 Å². The highest BCUT2D eigenvalue weighted by Crippen LogP contribution is 2.38. The molecule has 1 aliphatic carbocycles. The van der Waals surface area contributed by atoms with E-state index >= 15 is 0 Å². The molecule has 68 valence electrons. The van der Waals surface area contributed by atoms with Gasteiger partial charge in [-0.05, 0) is 38.5 Å². The van der Waals surface area contributed by atoms with Crippen molar-refractivity contribution in [2.75, 3.05) is 0 Å². The van der Waals surface area contributed by atoms with Gasteiger partial charge in [-0.15, -0.1) is 0 Å². The van der Waals surface area contributed by atoms with Crippen LogP contribution in [-0.2, 0) is 0 Å². The Balaban J connectivity index is 2.03. The first-order chi connectivity index (χ1) is 5.68. The number of hydrazine groups is 1. The summed E-state index contributed by atoms with van der Waals surface area (Å²) in [6.07, 6.45) is 2.60. The summed E-state index contributed by atoms with van der Waals surface area (Å²) in [6, 6.07) is 1.33. The first-order valence-electron chi connectivity index (χ1n) is 4.85. The van der Waals surface area contributed by atoms with Crippen molar-refractivity contribution in [3.63, 3.8) is 0 Å². The summed E-state index contributed by atoms with van der Waals surface area (Å²) in [5, 5.41) is 0. The average Bonchev–Trinajstić information content (AvgIpc) is 2.53. The molecule has 0 amide bonds. The normalized spacial score (nSPS) is 46.2. The molecule has 12 heavy (non-hydrogen) atoms. The van der Waals surface area contributed by atoms with E-state index in [1.165, 1.54) is 18.4 Å². The molecule has 1 saturated carbocycles. The highest BCUT2D eigenvalue weighted by molar-refractivity contribution is 5.07. The fourth-order valence-corrected chi connectivity index (χ4v) is 2.54. The zero-order chi connectivity index (χ0) is 8.72. The van der Waals surface area contributed by atoms with Gasteiger partial charge >= 0.3 is 0 Å². The zero-order valence-corrected chi connectivity index (χ0v) is 7.93. The minimum atomic E-state index is 0.638. The molecule has 2 heteroatoms. The third-order valence-corrected chi connectivity index (χ3v) is 3.45. The van der Waals surface area contributed by atoms with Crippen LogP contribution in [0.15, 0.2) is 12.2 Å². The Hall–Kier alpha value is -0.340. The predicted molar refractivity (Wildman–Crippen MR) is 50.5 cm³/mol. The number of hydrogen-bond donors (Lipinski definition) is 2. The van der Waals surface area contributed by atoms with Crippen LogP contribution in [0.4, 0.5) is 0 Å². The highest BCUT2D eigenvalue weighted by Gasteiger charge is 2.41. The van der Waals surface area contributed by atoms with Gasteiger partial charge in [0.1, 0.15) is 0 Å². The molecular formula is C10H18N2. The van der Waals surface area contributed by atoms with Crippen LogP contribution in [0.5, 0.6) is 0 Å². The molecule has 2 rings (SSSR count). The standard InChI is InChI=1S/C10H18N2/c1-6(2)8-4-9-7(3)11-12-10(9)5-8/h7-12H,1,4-5H2,2-3H3/t7?,8-,9?,10?/m1/s1. The Morgan fingerprint density at radius 2 is 2.08 bits per heavy atom. The summed E-state index contributed by atoms with van der Waals surface area (Å²) >= 11 is 0. The molecule has 4 atom stereocenters. The van der Waals surface area contributed by atoms with Crippen molar-refractivity contribution >= 4 is 0 Å². The van der Waals surface area contributed by atoms with Gasteiger partial charge in [-0.2, -0.15) is 0 Å². The summed E-state index contributed by atoms with van der Waals surface area (Å²) in [7, 11) is 0. The van der Waals surface area contributed by atoms with Crippen LogP contribution in [0.1, 0.15) is 26.7 Å². The van der Waals surface area contributed by atoms with Gasteiger partial charge in [-0.1, -0.05) is 12.2 Å². The molecule has 2 aliphatic rings. The fourth-order valence-electron chi connectivity index (χ4n) is 2.54. The molecule has 2 nitrogen and oxygen atoms in total. The Labute approximate surface area is 74.4 Å². The van der Waals surface area contributed by atoms with Crippen molar-refractivity contribution in [3.05, 3.63) is 12.2 Å². The van der Waals surface area contributed by atoms with Crippen LogP contribution in [0.3, 0.4) is 0 Å². The second-order valence-corrected chi connectivity index (χ2v) is 4.36. The van der Waals surface area contributed by atoms with E-state index in [0.717, 1.165) is 11.8 Å². The Morgan fingerprint density at radius 3 is 2.67 bits per heavy atom. The predicted octanol–water partition coefficient (Wildman–Crippen LogP) is 1.45. The van der Waals surface area contributed by atoms with Crippen molar-refractivity contribution in [1.82, 2.24) is 10.9 Å². The molecule has 0 aromatic heterocycles. The van der Waals surface area contributed by atoms with E-state index in [9.17, 15) is 0 Å². The molecule has 0 spiro atoms. The van der Waals surface area contributed by atoms with Gasteiger partial charge in [0, 0.05) is 12.1 Å². The third kappa shape index (κ3) is 1.19. The lowest BCUT2D eigenvalue weighted by Gasteiger charge is -2.13. The highest BCUT2D eigenvalue weighted by atomic mass is 15.4. The minimum absolute atomic E-state index is 0.638. The van der Waals surface area contributed by atoms with E-state index in [1.807, 2.05) is 0 Å². The Bertz CT molecular complexity index is 200. The number of fused-ring (bicyclic) bond motifs is 1. The zero-order valence-electron chi connectivity index (χ0n) is 7.93. The number of hydrogen-bond acceptors (Lipinski definition) is 2. The second kappa shape index (κ2) is 2.86. The first kappa shape index (κ1) is 8.27. The van der Waals surface area contributed by atoms with Gasteiger partial charge in [-0.25, -0.2) is 0 Å². The van der Waals surface area contributed by atoms with E-state index < -0.39 is 0 Å². The SMILES string of the molecule is C=C(C)[C@H]1CC2NNC(C)C2C1. The van der Waals surface area contributed by atoms with Crippen LogP contribution < -0.4 is 10.9 Å². The van der Waals surface area contributed by atoms with Crippen LogP contribution in [0.25, 0.3) is 0 Å². The van der Waals surface area contributed by atoms with Crippen LogP contribution in [-0.4, -0.2) is 12.1 Å². The fraction of sp³-hybridized carbons (Fsp3) is 0.800. The molecule has 2 fully saturated rings. The molecule has 1 aliphatic heterocycles. The van der Waals surface area contributed by atoms with E-state index in [0.29, 0.717) is 12.1 Å². The topological polar surface area (TPSA) is 24.1 Å². The largest absolute Gasteiger partial charge is 0.254 e. The Morgan fingerprint density at radius 1 is 1.33 bits per heavy atom. The second-order valence-electron chi connectivity index (χ2n) is 4.36. The van der Waals surface area contributed by atoms with Crippen molar-refractivity contribution in [3.8, 4) is 0 Å². The van der Waals surface area contributed by atoms with Gasteiger partial charge < -0.3 is 0 Å². The van der Waals surface area contributed by atoms with Crippen molar-refractivity contribution in [2.24, 2.45) is 11.8 Å². The van der Waals surface area contributed by atoms with Crippen LogP contribution in [0, 0.1) is 11.8 Å². The number of rotatable bonds is 1. The molecule has 0 bridgehead atoms. The van der Waals surface area contributed by atoms with Crippen molar-refractivity contribution in [1.29, 1.82) is 0 Å². The summed E-state index contributed by atoms with van der Waals surface area (Å²) in [6.45, 7) is 8.46. The van der Waals surface area contributed by atoms with E-state index in [1.54, 1.807) is 0 Å². The van der Waals surface area contributed by atoms with Gasteiger partial charge in [0.25, 0.3) is 0 Å². The first-order valence-corrected chi connectivity index (χ1v) is 4.85. The van der Waals surface area contributed by atoms with E-state index in [-0.39, 0.29) is 0 Å². The van der Waals surface area contributed by atoms with Crippen molar-refractivity contribution < 1.29 is 0 Å². The number of nitrogens with one attached hydrogen (secondary N) is 2. The lowest BCUT2D eigenvalue weighted by Crippen LogP contribution is -2.32. The molecule has 3 unspecified atom stereocenters. The quantitative estimate of drug-likeness (QED) is 0.576. The van der Waals surface area contributed by atoms with Gasteiger partial charge in [0.2, 0.25) is 0 Å². The average molecular weight is 166 g/mol. The molecular weight excluding hydrogens is 148 g/mol. The summed E-state index contributed by atoms with van der Waals surface area (Å²) < 4.78 is 0. The smallest absolute Gasteiger partial charge is 0.0262 e. The maximum absolute atomic E-state index is 4.04. The monoisotopic (exact) mass is 166 g/mol. The minimum Gasteiger partial charge on any atom is -0.254 e. The summed E-state index contributed by atoms with van der Waals surface area (Å²) in [5.74, 6) is 1.59. The van der Waals surface area contributed by atoms with Crippen LogP contribution >= 0.6 is 0 Å². The molecule has 0 radical (unpaired) electrons. The molecule has 0 aromatic carbocycles.